The second-order valence-electron chi connectivity index (χ2n) is 24.4. The first kappa shape index (κ1) is 47.5. The van der Waals surface area contributed by atoms with E-state index in [4.69, 9.17) is 0 Å². The molecule has 4 unspecified atom stereocenters. The Morgan fingerprint density at radius 2 is 0.810 bits per heavy atom. The first-order chi connectivity index (χ1) is 38.5. The number of fused-ring (bicyclic) bond motifs is 14. The fourth-order valence-corrected chi connectivity index (χ4v) is 16.6. The fourth-order valence-electron chi connectivity index (χ4n) is 16.6. The van der Waals surface area contributed by atoms with E-state index in [0.29, 0.717) is 11.1 Å². The van der Waals surface area contributed by atoms with Gasteiger partial charge in [-0.1, -0.05) is 161 Å². The minimum Gasteiger partial charge on any atom is -0.334 e. The van der Waals surface area contributed by atoms with Crippen molar-refractivity contribution in [1.29, 1.82) is 10.5 Å². The highest BCUT2D eigenvalue weighted by atomic mass is 15.3. The molecule has 0 saturated heterocycles. The number of benzene rings is 10. The van der Waals surface area contributed by atoms with Crippen LogP contribution in [0.1, 0.15) is 124 Å². The third kappa shape index (κ3) is 6.35. The van der Waals surface area contributed by atoms with Crippen LogP contribution in [0.2, 0.25) is 0 Å². The molecule has 4 nitrogen and oxygen atoms in total. The Morgan fingerprint density at radius 3 is 1.32 bits per heavy atom. The molecule has 4 atom stereocenters. The minimum atomic E-state index is -0.646. The van der Waals surface area contributed by atoms with Crippen LogP contribution in [-0.2, 0) is 16.2 Å². The zero-order valence-electron chi connectivity index (χ0n) is 45.6. The smallest absolute Gasteiger partial charge is 0.0991 e. The van der Waals surface area contributed by atoms with E-state index in [-0.39, 0.29) is 21.9 Å². The van der Waals surface area contributed by atoms with Gasteiger partial charge in [0.1, 0.15) is 0 Å². The zero-order chi connectivity index (χ0) is 53.5. The molecule has 2 heterocycles. The highest BCUT2D eigenvalue weighted by molar-refractivity contribution is 6.20. The molecule has 0 spiro atoms. The van der Waals surface area contributed by atoms with Gasteiger partial charge in [-0.3, -0.25) is 0 Å². The van der Waals surface area contributed by atoms with Crippen molar-refractivity contribution in [2.75, 3.05) is 9.80 Å². The number of hydrogen-bond acceptors (Lipinski definition) is 4. The van der Waals surface area contributed by atoms with Gasteiger partial charge in [0, 0.05) is 33.6 Å². The summed E-state index contributed by atoms with van der Waals surface area (Å²) in [6.45, 7) is 9.98. The lowest BCUT2D eigenvalue weighted by Crippen LogP contribution is -2.54. The Labute approximate surface area is 464 Å². The molecule has 0 radical (unpaired) electrons. The summed E-state index contributed by atoms with van der Waals surface area (Å²) < 4.78 is 0. The molecule has 0 amide bonds. The number of nitriles is 2. The Balaban J connectivity index is 0.930. The van der Waals surface area contributed by atoms with Crippen molar-refractivity contribution in [2.24, 2.45) is 0 Å². The average molecular weight is 1020 g/mol. The zero-order valence-corrected chi connectivity index (χ0v) is 45.6. The molecule has 4 heteroatoms. The van der Waals surface area contributed by atoms with Gasteiger partial charge in [0.2, 0.25) is 0 Å². The van der Waals surface area contributed by atoms with Gasteiger partial charge >= 0.3 is 0 Å². The van der Waals surface area contributed by atoms with E-state index in [1.165, 1.54) is 125 Å². The molecule has 10 aromatic rings. The highest BCUT2D eigenvalue weighted by Gasteiger charge is 2.59. The maximum atomic E-state index is 9.72. The summed E-state index contributed by atoms with van der Waals surface area (Å²) in [6.07, 6.45) is 9.30. The molecule has 10 aromatic carbocycles. The van der Waals surface area contributed by atoms with Crippen LogP contribution in [0.15, 0.2) is 206 Å². The Morgan fingerprint density at radius 1 is 0.380 bits per heavy atom. The van der Waals surface area contributed by atoms with Gasteiger partial charge < -0.3 is 9.80 Å². The van der Waals surface area contributed by atoms with E-state index >= 15 is 0 Å². The van der Waals surface area contributed by atoms with Gasteiger partial charge in [-0.15, -0.1) is 0 Å². The number of anilines is 4. The maximum absolute atomic E-state index is 9.72. The average Bonchev–Trinajstić information content (AvgIpc) is 2.28. The van der Waals surface area contributed by atoms with Crippen molar-refractivity contribution in [2.45, 2.75) is 106 Å². The van der Waals surface area contributed by atoms with Gasteiger partial charge in [-0.25, -0.2) is 0 Å². The van der Waals surface area contributed by atoms with Crippen molar-refractivity contribution in [3.63, 3.8) is 0 Å². The largest absolute Gasteiger partial charge is 0.334 e. The molecule has 5 aliphatic rings. The molecule has 0 bridgehead atoms. The van der Waals surface area contributed by atoms with Crippen LogP contribution in [-0.4, -0.2) is 11.1 Å². The molecular formula is C75H62N4. The van der Waals surface area contributed by atoms with E-state index in [2.05, 4.69) is 232 Å². The highest BCUT2D eigenvalue weighted by Crippen LogP contribution is 2.65. The molecular weight excluding hydrogens is 957 g/mol. The van der Waals surface area contributed by atoms with E-state index < -0.39 is 5.41 Å². The fraction of sp³-hybridized carbons (Fsp3) is 0.227. The molecule has 0 aromatic heterocycles. The van der Waals surface area contributed by atoms with E-state index in [0.717, 1.165) is 37.1 Å². The van der Waals surface area contributed by atoms with Crippen molar-refractivity contribution < 1.29 is 0 Å². The Bertz CT molecular complexity index is 4200. The number of rotatable bonds is 6. The summed E-state index contributed by atoms with van der Waals surface area (Å²) in [4.78, 5) is 5.20. The quantitative estimate of drug-likeness (QED) is 0.156. The van der Waals surface area contributed by atoms with Gasteiger partial charge in [-0.2, -0.15) is 10.5 Å². The van der Waals surface area contributed by atoms with Gasteiger partial charge in [0.05, 0.1) is 39.8 Å². The third-order valence-electron chi connectivity index (χ3n) is 20.9. The molecule has 79 heavy (non-hydrogen) atoms. The summed E-state index contributed by atoms with van der Waals surface area (Å²) in [7, 11) is 0. The van der Waals surface area contributed by atoms with Crippen molar-refractivity contribution in [1.82, 2.24) is 0 Å². The number of hydrogen-bond donors (Lipinski definition) is 0. The molecule has 2 fully saturated rings. The molecule has 2 saturated carbocycles. The summed E-state index contributed by atoms with van der Waals surface area (Å²) in [5.41, 5.74) is 20.8. The van der Waals surface area contributed by atoms with Crippen molar-refractivity contribution in [3.8, 4) is 45.5 Å². The number of nitrogens with zero attached hydrogens (tertiary/aromatic N) is 4. The second-order valence-corrected chi connectivity index (χ2v) is 24.4. The Hall–Kier alpha value is -8.70. The second kappa shape index (κ2) is 17.1. The van der Waals surface area contributed by atoms with Crippen LogP contribution < -0.4 is 9.80 Å². The third-order valence-corrected chi connectivity index (χ3v) is 20.9. The molecule has 382 valence electrons. The van der Waals surface area contributed by atoms with Crippen molar-refractivity contribution in [3.05, 3.63) is 251 Å². The van der Waals surface area contributed by atoms with Crippen LogP contribution in [0, 0.1) is 22.7 Å². The van der Waals surface area contributed by atoms with Gasteiger partial charge in [0.15, 0.2) is 0 Å². The lowest BCUT2D eigenvalue weighted by molar-refractivity contribution is 0.195. The molecule has 0 N–H and O–H groups in total. The monoisotopic (exact) mass is 1020 g/mol. The van der Waals surface area contributed by atoms with E-state index in [9.17, 15) is 10.5 Å². The lowest BCUT2D eigenvalue weighted by Gasteiger charge is -2.50. The summed E-state index contributed by atoms with van der Waals surface area (Å²) >= 11 is 0. The molecule has 3 aliphatic carbocycles. The van der Waals surface area contributed by atoms with Crippen molar-refractivity contribution >= 4 is 44.3 Å². The summed E-state index contributed by atoms with van der Waals surface area (Å²) in [5.74, 6) is 0. The van der Waals surface area contributed by atoms with Crippen LogP contribution in [0.25, 0.3) is 54.9 Å². The minimum absolute atomic E-state index is 0.0504. The Kier molecular flexibility index (Phi) is 10.3. The van der Waals surface area contributed by atoms with E-state index in [1.807, 2.05) is 24.3 Å². The predicted octanol–water partition coefficient (Wildman–Crippen LogP) is 18.9. The summed E-state index contributed by atoms with van der Waals surface area (Å²) in [5, 5.41) is 24.5. The topological polar surface area (TPSA) is 54.1 Å². The van der Waals surface area contributed by atoms with Crippen LogP contribution in [0.5, 0.6) is 0 Å². The maximum Gasteiger partial charge on any atom is 0.0991 e. The van der Waals surface area contributed by atoms with Crippen LogP contribution in [0.4, 0.5) is 22.7 Å². The van der Waals surface area contributed by atoms with Crippen LogP contribution >= 0.6 is 0 Å². The predicted molar refractivity (Wildman–Crippen MR) is 325 cm³/mol. The lowest BCUT2D eigenvalue weighted by atomic mass is 9.61. The SMILES string of the molecule is CC12CCCCC1(C)N(c1ccc(C#N)cc1)c1ccc(-c3ccc4c(c3)C(c3ccccc3)(c3ccccc3)c3c-4c4ccccc4c4cc(-c5ccc6c(c5)C5(C)CCCCC5(C)N6c5ccc(C#N)cc5)ccc34)cc12. The first-order valence-electron chi connectivity index (χ1n) is 28.7. The first-order valence-corrected chi connectivity index (χ1v) is 28.7. The van der Waals surface area contributed by atoms with Crippen LogP contribution in [0.3, 0.4) is 0 Å². The van der Waals surface area contributed by atoms with Gasteiger partial charge in [-0.05, 0) is 213 Å². The van der Waals surface area contributed by atoms with Gasteiger partial charge in [0.25, 0.3) is 0 Å². The van der Waals surface area contributed by atoms with E-state index in [1.54, 1.807) is 0 Å². The molecule has 15 rings (SSSR count). The molecule has 2 aliphatic heterocycles. The normalized spacial score (nSPS) is 23.0. The summed E-state index contributed by atoms with van der Waals surface area (Å²) in [6, 6.07) is 82.2. The standard InChI is InChI=1S/C75H62N4/c1-71-39-13-15-41-73(71,3)78(57-31-23-49(47-76)24-32-57)67-37-29-53(45-65(67)71)51-27-35-61-63(43-51)59-21-11-12-22-60(59)69-62-36-28-52(44-64(62)75(70(61)69,55-17-7-5-8-18-55)56-19-9-6-10-20-56)54-30-38-68-66(46-54)72(2)40-14-16-42-74(72,4)79(68)58-33-25-50(48-77)26-34-58/h5-12,17-38,43-46H,13-16,39-42H2,1-4H3.